The van der Waals surface area contributed by atoms with E-state index in [0.717, 1.165) is 6.54 Å². The second-order valence-corrected chi connectivity index (χ2v) is 4.98. The molecule has 1 heterocycles. The summed E-state index contributed by atoms with van der Waals surface area (Å²) in [5.74, 6) is 0.0411. The smallest absolute Gasteiger partial charge is 0.387 e. The first-order valence-electron chi connectivity index (χ1n) is 6.65. The van der Waals surface area contributed by atoms with Gasteiger partial charge in [0.05, 0.1) is 13.0 Å². The van der Waals surface area contributed by atoms with E-state index in [0.29, 0.717) is 12.2 Å². The van der Waals surface area contributed by atoms with E-state index in [1.807, 2.05) is 6.92 Å². The summed E-state index contributed by atoms with van der Waals surface area (Å²) in [6, 6.07) is 4.39. The van der Waals surface area contributed by atoms with E-state index in [4.69, 9.17) is 4.74 Å². The zero-order valence-electron chi connectivity index (χ0n) is 11.9. The number of carbonyl (C=O) groups is 1. The van der Waals surface area contributed by atoms with Gasteiger partial charge in [0.2, 0.25) is 5.91 Å². The van der Waals surface area contributed by atoms with Gasteiger partial charge in [0.25, 0.3) is 0 Å². The molecule has 0 radical (unpaired) electrons. The number of anilines is 1. The molecular formula is C14H18F2N2O3. The summed E-state index contributed by atoms with van der Waals surface area (Å²) >= 11 is 0. The number of alkyl halides is 2. The fourth-order valence-electron chi connectivity index (χ4n) is 2.34. The van der Waals surface area contributed by atoms with Crippen molar-refractivity contribution in [3.8, 4) is 11.5 Å². The molecular weight excluding hydrogens is 282 g/mol. The van der Waals surface area contributed by atoms with E-state index < -0.39 is 6.61 Å². The second-order valence-electron chi connectivity index (χ2n) is 4.98. The molecule has 1 aliphatic rings. The fraction of sp³-hybridized carbons (Fsp3) is 0.500. The summed E-state index contributed by atoms with van der Waals surface area (Å²) in [5, 5.41) is 5.86. The van der Waals surface area contributed by atoms with Crippen LogP contribution in [0.1, 0.15) is 6.92 Å². The molecule has 2 atom stereocenters. The molecule has 2 N–H and O–H groups in total. The highest BCUT2D eigenvalue weighted by Gasteiger charge is 2.29. The minimum absolute atomic E-state index is 0.108. The molecule has 0 aromatic heterocycles. The number of halogens is 2. The van der Waals surface area contributed by atoms with Crippen LogP contribution in [0.2, 0.25) is 0 Å². The van der Waals surface area contributed by atoms with Crippen LogP contribution in [-0.2, 0) is 4.79 Å². The molecule has 21 heavy (non-hydrogen) atoms. The van der Waals surface area contributed by atoms with E-state index in [1.54, 1.807) is 6.07 Å². The molecule has 1 aromatic rings. The molecule has 0 spiro atoms. The highest BCUT2D eigenvalue weighted by atomic mass is 19.3. The van der Waals surface area contributed by atoms with Crippen molar-refractivity contribution in [1.29, 1.82) is 0 Å². The van der Waals surface area contributed by atoms with Gasteiger partial charge in [-0.25, -0.2) is 0 Å². The average Bonchev–Trinajstić information content (AvgIpc) is 2.85. The molecule has 1 saturated heterocycles. The quantitative estimate of drug-likeness (QED) is 0.874. The Kier molecular flexibility index (Phi) is 4.95. The molecule has 0 saturated carbocycles. The number of hydrogen-bond donors (Lipinski definition) is 2. The van der Waals surface area contributed by atoms with Crippen LogP contribution in [0, 0.1) is 11.8 Å². The summed E-state index contributed by atoms with van der Waals surface area (Å²) in [5.41, 5.74) is 0.399. The second kappa shape index (κ2) is 6.71. The molecule has 0 unspecified atom stereocenters. The summed E-state index contributed by atoms with van der Waals surface area (Å²) in [6.07, 6.45) is 0. The Labute approximate surface area is 121 Å². The lowest BCUT2D eigenvalue weighted by molar-refractivity contribution is -0.120. The number of methoxy groups -OCH3 is 1. The van der Waals surface area contributed by atoms with E-state index in [-0.39, 0.29) is 29.2 Å². The van der Waals surface area contributed by atoms with Gasteiger partial charge in [0.15, 0.2) is 11.5 Å². The van der Waals surface area contributed by atoms with Crippen LogP contribution < -0.4 is 20.1 Å². The molecule has 7 heteroatoms. The van der Waals surface area contributed by atoms with Gasteiger partial charge in [0.1, 0.15) is 0 Å². The van der Waals surface area contributed by atoms with Crippen LogP contribution in [0.3, 0.4) is 0 Å². The van der Waals surface area contributed by atoms with Crippen molar-refractivity contribution in [3.05, 3.63) is 18.2 Å². The highest BCUT2D eigenvalue weighted by molar-refractivity contribution is 5.93. The van der Waals surface area contributed by atoms with Crippen LogP contribution in [0.4, 0.5) is 14.5 Å². The lowest BCUT2D eigenvalue weighted by Gasteiger charge is -2.16. The molecule has 1 fully saturated rings. The van der Waals surface area contributed by atoms with Crippen molar-refractivity contribution in [2.45, 2.75) is 13.5 Å². The predicted octanol–water partition coefficient (Wildman–Crippen LogP) is 2.09. The van der Waals surface area contributed by atoms with Crippen molar-refractivity contribution >= 4 is 11.6 Å². The first-order valence-corrected chi connectivity index (χ1v) is 6.65. The van der Waals surface area contributed by atoms with Crippen LogP contribution in [0.5, 0.6) is 11.5 Å². The molecule has 116 valence electrons. The zero-order chi connectivity index (χ0) is 15.4. The third-order valence-corrected chi connectivity index (χ3v) is 3.50. The monoisotopic (exact) mass is 300 g/mol. The van der Waals surface area contributed by atoms with Crippen molar-refractivity contribution < 1.29 is 23.0 Å². The molecule has 1 aromatic carbocycles. The standard InChI is InChI=1S/C14H18F2N2O3/c1-8-6-17-7-10(8)13(19)18-9-3-4-11(20-2)12(5-9)21-14(15)16/h3-5,8,10,14,17H,6-7H2,1-2H3,(H,18,19)/t8-,10-/m1/s1. The highest BCUT2D eigenvalue weighted by Crippen LogP contribution is 2.32. The number of amides is 1. The minimum atomic E-state index is -2.95. The van der Waals surface area contributed by atoms with Gasteiger partial charge >= 0.3 is 6.61 Å². The molecule has 0 bridgehead atoms. The zero-order valence-corrected chi connectivity index (χ0v) is 11.9. The van der Waals surface area contributed by atoms with Crippen LogP contribution in [0.25, 0.3) is 0 Å². The van der Waals surface area contributed by atoms with Gasteiger partial charge in [-0.05, 0) is 24.6 Å². The molecule has 5 nitrogen and oxygen atoms in total. The molecule has 0 aliphatic carbocycles. The molecule has 2 rings (SSSR count). The van der Waals surface area contributed by atoms with Gasteiger partial charge in [-0.3, -0.25) is 4.79 Å². The fourth-order valence-corrected chi connectivity index (χ4v) is 2.34. The maximum atomic E-state index is 12.4. The van der Waals surface area contributed by atoms with Crippen molar-refractivity contribution in [2.24, 2.45) is 11.8 Å². The number of ether oxygens (including phenoxy) is 2. The summed E-state index contributed by atoms with van der Waals surface area (Å²) in [7, 11) is 1.36. The number of carbonyl (C=O) groups excluding carboxylic acids is 1. The topological polar surface area (TPSA) is 59.6 Å². The first-order chi connectivity index (χ1) is 10.0. The maximum Gasteiger partial charge on any atom is 0.387 e. The number of benzene rings is 1. The number of rotatable bonds is 5. The van der Waals surface area contributed by atoms with Crippen LogP contribution in [-0.4, -0.2) is 32.7 Å². The SMILES string of the molecule is COc1ccc(NC(=O)[C@@H]2CNC[C@H]2C)cc1OC(F)F. The summed E-state index contributed by atoms with van der Waals surface area (Å²) < 4.78 is 34.0. The number of nitrogens with one attached hydrogen (secondary N) is 2. The van der Waals surface area contributed by atoms with Crippen molar-refractivity contribution in [2.75, 3.05) is 25.5 Å². The molecule has 1 aliphatic heterocycles. The van der Waals surface area contributed by atoms with Crippen molar-refractivity contribution in [3.63, 3.8) is 0 Å². The Morgan fingerprint density at radius 2 is 2.14 bits per heavy atom. The maximum absolute atomic E-state index is 12.4. The van der Waals surface area contributed by atoms with E-state index in [1.165, 1.54) is 19.2 Å². The van der Waals surface area contributed by atoms with Crippen LogP contribution >= 0.6 is 0 Å². The van der Waals surface area contributed by atoms with E-state index in [9.17, 15) is 13.6 Å². The Morgan fingerprint density at radius 3 is 2.71 bits per heavy atom. The van der Waals surface area contributed by atoms with Gasteiger partial charge in [-0.2, -0.15) is 8.78 Å². The normalized spacial score (nSPS) is 21.4. The predicted molar refractivity (Wildman–Crippen MR) is 73.8 cm³/mol. The third-order valence-electron chi connectivity index (χ3n) is 3.50. The largest absolute Gasteiger partial charge is 0.493 e. The Bertz CT molecular complexity index is 511. The van der Waals surface area contributed by atoms with Gasteiger partial charge < -0.3 is 20.1 Å². The minimum Gasteiger partial charge on any atom is -0.493 e. The van der Waals surface area contributed by atoms with Crippen LogP contribution in [0.15, 0.2) is 18.2 Å². The van der Waals surface area contributed by atoms with E-state index in [2.05, 4.69) is 15.4 Å². The lowest BCUT2D eigenvalue weighted by Crippen LogP contribution is -2.27. The van der Waals surface area contributed by atoms with E-state index >= 15 is 0 Å². The van der Waals surface area contributed by atoms with Gasteiger partial charge in [0, 0.05) is 18.3 Å². The summed E-state index contributed by atoms with van der Waals surface area (Å²) in [6.45, 7) is 0.442. The Morgan fingerprint density at radius 1 is 1.38 bits per heavy atom. The van der Waals surface area contributed by atoms with Gasteiger partial charge in [-0.15, -0.1) is 0 Å². The Hall–Kier alpha value is -1.89. The van der Waals surface area contributed by atoms with Gasteiger partial charge in [-0.1, -0.05) is 6.92 Å². The van der Waals surface area contributed by atoms with Crippen molar-refractivity contribution in [1.82, 2.24) is 5.32 Å². The Balaban J connectivity index is 2.11. The average molecular weight is 300 g/mol. The number of hydrogen-bond acceptors (Lipinski definition) is 4. The third kappa shape index (κ3) is 3.81. The molecule has 1 amide bonds. The first kappa shape index (κ1) is 15.5. The summed E-state index contributed by atoms with van der Waals surface area (Å²) in [4.78, 5) is 12.1. The lowest BCUT2D eigenvalue weighted by atomic mass is 9.97.